The predicted octanol–water partition coefficient (Wildman–Crippen LogP) is 4.83. The van der Waals surface area contributed by atoms with Crippen LogP contribution in [0.15, 0.2) is 18.2 Å². The maximum atomic E-state index is 12.9. The summed E-state index contributed by atoms with van der Waals surface area (Å²) in [6.07, 6.45) is 2.37. The second-order valence-corrected chi connectivity index (χ2v) is 13.0. The van der Waals surface area contributed by atoms with Gasteiger partial charge in [0.2, 0.25) is 18.0 Å². The van der Waals surface area contributed by atoms with Crippen LogP contribution in [0.2, 0.25) is 5.02 Å². The fourth-order valence-electron chi connectivity index (χ4n) is 7.68. The van der Waals surface area contributed by atoms with Crippen molar-refractivity contribution in [3.05, 3.63) is 28.8 Å². The van der Waals surface area contributed by atoms with E-state index in [0.29, 0.717) is 24.0 Å². The fraction of sp³-hybridized carbons (Fsp3) is 0.733. The van der Waals surface area contributed by atoms with Crippen LogP contribution in [0, 0.1) is 30.6 Å². The number of benzene rings is 1. The minimum absolute atomic E-state index is 0.0113. The number of amides is 1. The molecule has 7 rings (SSSR count). The Morgan fingerprint density at radius 1 is 1.05 bits per heavy atom. The van der Waals surface area contributed by atoms with Crippen molar-refractivity contribution in [3.8, 4) is 0 Å². The molecule has 0 unspecified atom stereocenters. The molecule has 10 heteroatoms. The summed E-state index contributed by atoms with van der Waals surface area (Å²) in [6.45, 7) is 10.9. The average Bonchev–Trinajstić information content (AvgIpc) is 3.17. The molecule has 40 heavy (non-hydrogen) atoms. The van der Waals surface area contributed by atoms with E-state index in [1.807, 2.05) is 30.0 Å². The van der Waals surface area contributed by atoms with Crippen molar-refractivity contribution in [1.82, 2.24) is 4.90 Å². The number of piperazine rings is 1. The van der Waals surface area contributed by atoms with Crippen LogP contribution in [0.5, 0.6) is 0 Å². The topological polar surface area (TPSA) is 86.8 Å². The number of anilines is 1. The van der Waals surface area contributed by atoms with Gasteiger partial charge in [0.05, 0.1) is 6.42 Å². The summed E-state index contributed by atoms with van der Waals surface area (Å²) in [6, 6.07) is 5.87. The quantitative estimate of drug-likeness (QED) is 0.364. The molecule has 5 saturated heterocycles. The molecular formula is C30H41ClN2O7. The van der Waals surface area contributed by atoms with Crippen LogP contribution in [-0.4, -0.2) is 66.9 Å². The Labute approximate surface area is 241 Å². The summed E-state index contributed by atoms with van der Waals surface area (Å²) < 4.78 is 18.5. The van der Waals surface area contributed by atoms with E-state index in [9.17, 15) is 9.59 Å². The minimum Gasteiger partial charge on any atom is -0.435 e. The van der Waals surface area contributed by atoms with E-state index in [0.717, 1.165) is 50.0 Å². The zero-order valence-electron chi connectivity index (χ0n) is 23.9. The van der Waals surface area contributed by atoms with Gasteiger partial charge in [0.15, 0.2) is 11.9 Å². The van der Waals surface area contributed by atoms with E-state index in [1.54, 1.807) is 0 Å². The van der Waals surface area contributed by atoms with Gasteiger partial charge in [0.25, 0.3) is 0 Å². The van der Waals surface area contributed by atoms with Gasteiger partial charge in [0.1, 0.15) is 0 Å². The summed E-state index contributed by atoms with van der Waals surface area (Å²) >= 11 is 6.20. The fourth-order valence-corrected chi connectivity index (χ4v) is 7.85. The molecule has 5 heterocycles. The maximum absolute atomic E-state index is 12.9. The molecule has 9 nitrogen and oxygen atoms in total. The third-order valence-corrected chi connectivity index (χ3v) is 10.3. The van der Waals surface area contributed by atoms with Gasteiger partial charge in [-0.1, -0.05) is 31.5 Å². The SMILES string of the molecule is Cc1ccc(Cl)cc1N1CCN(C(=O)CCC(=O)O[C@@H]2O[C@@H]3O[C@@]4(C)CC[C@H]5[C@H](C)CC[C@@H]([C@H]2C)[C@@]35OO4)CC1. The molecule has 220 valence electrons. The van der Waals surface area contributed by atoms with Crippen molar-refractivity contribution >= 4 is 29.2 Å². The van der Waals surface area contributed by atoms with Gasteiger partial charge < -0.3 is 24.0 Å². The first-order valence-electron chi connectivity index (χ1n) is 14.8. The molecule has 6 aliphatic rings. The number of aryl methyl sites for hydroxylation is 1. The highest BCUT2D eigenvalue weighted by Crippen LogP contribution is 2.60. The van der Waals surface area contributed by atoms with Gasteiger partial charge in [-0.3, -0.25) is 9.59 Å². The Kier molecular flexibility index (Phi) is 7.57. The second kappa shape index (κ2) is 10.7. The van der Waals surface area contributed by atoms with Gasteiger partial charge in [-0.2, -0.15) is 0 Å². The van der Waals surface area contributed by atoms with Crippen molar-refractivity contribution in [3.63, 3.8) is 0 Å². The standard InChI is InChI=1S/C30H41ClN2O7/c1-18-6-8-23-20(3)27(37-28-30(23)22(18)11-12-29(4,38-28)39-40-30)36-26(35)10-9-25(34)33-15-13-32(14-16-33)24-17-21(31)7-5-19(24)2/h5,7,17-18,20,22-23,27-28H,6,8-16H2,1-4H3/t18-,20-,22+,23+,27-,28-,29-,30-/m1/s1. The van der Waals surface area contributed by atoms with Crippen LogP contribution < -0.4 is 4.90 Å². The first-order valence-corrected chi connectivity index (χ1v) is 15.2. The Hall–Kier alpha value is -1.91. The van der Waals surface area contributed by atoms with Gasteiger partial charge >= 0.3 is 5.97 Å². The number of esters is 1. The van der Waals surface area contributed by atoms with E-state index >= 15 is 0 Å². The molecule has 5 aliphatic heterocycles. The second-order valence-electron chi connectivity index (χ2n) is 12.6. The summed E-state index contributed by atoms with van der Waals surface area (Å²) in [7, 11) is 0. The molecule has 8 atom stereocenters. The number of ether oxygens (including phenoxy) is 3. The Bertz CT molecular complexity index is 1140. The van der Waals surface area contributed by atoms with Crippen molar-refractivity contribution < 1.29 is 33.6 Å². The van der Waals surface area contributed by atoms with Crippen molar-refractivity contribution in [2.75, 3.05) is 31.1 Å². The summed E-state index contributed by atoms with van der Waals surface area (Å²) in [5.74, 6) is -0.656. The molecule has 1 aliphatic carbocycles. The molecule has 0 N–H and O–H groups in total. The third kappa shape index (κ3) is 4.91. The third-order valence-electron chi connectivity index (χ3n) is 10.0. The number of hydrogen-bond acceptors (Lipinski definition) is 8. The molecule has 1 saturated carbocycles. The van der Waals surface area contributed by atoms with Gasteiger partial charge in [0, 0.05) is 61.6 Å². The smallest absolute Gasteiger partial charge is 0.308 e. The molecule has 2 bridgehead atoms. The van der Waals surface area contributed by atoms with Crippen LogP contribution in [0.25, 0.3) is 0 Å². The lowest BCUT2D eigenvalue weighted by atomic mass is 9.58. The Balaban J connectivity index is 1.04. The molecule has 0 aromatic heterocycles. The first kappa shape index (κ1) is 28.2. The average molecular weight is 577 g/mol. The van der Waals surface area contributed by atoms with Gasteiger partial charge in [-0.15, -0.1) is 0 Å². The highest BCUT2D eigenvalue weighted by Gasteiger charge is 2.69. The molecule has 6 fully saturated rings. The molecule has 1 amide bonds. The highest BCUT2D eigenvalue weighted by atomic mass is 35.5. The monoisotopic (exact) mass is 576 g/mol. The molecule has 1 aromatic carbocycles. The summed E-state index contributed by atoms with van der Waals surface area (Å²) in [5, 5.41) is 0.704. The van der Waals surface area contributed by atoms with E-state index in [4.69, 9.17) is 35.6 Å². The largest absolute Gasteiger partial charge is 0.435 e. The Morgan fingerprint density at radius 3 is 2.60 bits per heavy atom. The number of hydrogen-bond donors (Lipinski definition) is 0. The summed E-state index contributed by atoms with van der Waals surface area (Å²) in [4.78, 5) is 42.0. The number of rotatable bonds is 5. The minimum atomic E-state index is -0.880. The van der Waals surface area contributed by atoms with Crippen LogP contribution in [-0.2, 0) is 33.6 Å². The summed E-state index contributed by atoms with van der Waals surface area (Å²) in [5.41, 5.74) is 1.56. The first-order chi connectivity index (χ1) is 19.1. The van der Waals surface area contributed by atoms with Gasteiger partial charge in [-0.25, -0.2) is 9.78 Å². The van der Waals surface area contributed by atoms with Crippen LogP contribution in [0.1, 0.15) is 64.9 Å². The van der Waals surface area contributed by atoms with Crippen LogP contribution in [0.4, 0.5) is 5.69 Å². The predicted molar refractivity (Wildman–Crippen MR) is 147 cm³/mol. The lowest BCUT2D eigenvalue weighted by molar-refractivity contribution is -0.576. The van der Waals surface area contributed by atoms with E-state index in [2.05, 4.69) is 25.7 Å². The van der Waals surface area contributed by atoms with Crippen molar-refractivity contribution in [2.45, 2.75) is 90.2 Å². The van der Waals surface area contributed by atoms with Crippen molar-refractivity contribution in [2.24, 2.45) is 23.7 Å². The van der Waals surface area contributed by atoms with E-state index in [1.165, 1.54) is 0 Å². The van der Waals surface area contributed by atoms with Gasteiger partial charge in [-0.05, 0) is 62.6 Å². The van der Waals surface area contributed by atoms with Crippen LogP contribution in [0.3, 0.4) is 0 Å². The number of nitrogens with zero attached hydrogens (tertiary/aromatic N) is 2. The van der Waals surface area contributed by atoms with E-state index < -0.39 is 29.9 Å². The number of carbonyl (C=O) groups excluding carboxylic acids is 2. The lowest BCUT2D eigenvalue weighted by Gasteiger charge is -2.59. The molecular weight excluding hydrogens is 536 g/mol. The lowest BCUT2D eigenvalue weighted by Crippen LogP contribution is -2.70. The normalized spacial score (nSPS) is 38.9. The zero-order chi connectivity index (χ0) is 28.2. The van der Waals surface area contributed by atoms with Crippen molar-refractivity contribution in [1.29, 1.82) is 0 Å². The number of carbonyl (C=O) groups is 2. The Morgan fingerprint density at radius 2 is 1.82 bits per heavy atom. The zero-order valence-corrected chi connectivity index (χ0v) is 24.7. The molecule has 1 aromatic rings. The van der Waals surface area contributed by atoms with E-state index in [-0.39, 0.29) is 36.5 Å². The number of halogens is 1. The van der Waals surface area contributed by atoms with Crippen LogP contribution >= 0.6 is 11.6 Å². The molecule has 0 radical (unpaired) electrons. The number of fused-ring (bicyclic) bond motifs is 2. The highest BCUT2D eigenvalue weighted by molar-refractivity contribution is 6.30. The molecule has 1 spiro atoms. The maximum Gasteiger partial charge on any atom is 0.308 e.